The van der Waals surface area contributed by atoms with Crippen LogP contribution < -0.4 is 5.73 Å². The fraction of sp³-hybridized carbons (Fsp3) is 0.692. The lowest BCUT2D eigenvalue weighted by Crippen LogP contribution is -2.11. The molecule has 1 aromatic heterocycles. The zero-order valence-corrected chi connectivity index (χ0v) is 11.7. The maximum atomic E-state index is 5.96. The number of methoxy groups -OCH3 is 1. The van der Waals surface area contributed by atoms with Gasteiger partial charge >= 0.3 is 0 Å². The Kier molecular flexibility index (Phi) is 6.01. The van der Waals surface area contributed by atoms with Crippen molar-refractivity contribution in [1.82, 2.24) is 9.97 Å². The van der Waals surface area contributed by atoms with E-state index in [1.807, 2.05) is 6.92 Å². The lowest BCUT2D eigenvalue weighted by atomic mass is 10.0. The van der Waals surface area contributed by atoms with Gasteiger partial charge in [-0.1, -0.05) is 13.8 Å². The number of aryl methyl sites for hydroxylation is 1. The van der Waals surface area contributed by atoms with Crippen LogP contribution in [0.4, 0.5) is 5.82 Å². The van der Waals surface area contributed by atoms with Crippen LogP contribution in [0.5, 0.6) is 0 Å². The first-order valence-corrected chi connectivity index (χ1v) is 6.25. The summed E-state index contributed by atoms with van der Waals surface area (Å²) in [4.78, 5) is 8.80. The first-order chi connectivity index (χ1) is 8.56. The number of aromatic nitrogens is 2. The van der Waals surface area contributed by atoms with Crippen molar-refractivity contribution in [2.45, 2.75) is 33.1 Å². The second-order valence-electron chi connectivity index (χ2n) is 4.53. The quantitative estimate of drug-likeness (QED) is 0.749. The number of hydrogen-bond donors (Lipinski definition) is 1. The molecule has 0 aliphatic rings. The molecule has 5 heteroatoms. The number of ether oxygens (including phenoxy) is 2. The van der Waals surface area contributed by atoms with E-state index in [0.717, 1.165) is 17.1 Å². The fourth-order valence-electron chi connectivity index (χ4n) is 1.90. The average Bonchev–Trinajstić information content (AvgIpc) is 2.27. The van der Waals surface area contributed by atoms with E-state index in [2.05, 4.69) is 23.8 Å². The van der Waals surface area contributed by atoms with E-state index in [0.29, 0.717) is 38.0 Å². The summed E-state index contributed by atoms with van der Waals surface area (Å²) < 4.78 is 10.3. The van der Waals surface area contributed by atoms with Crippen molar-refractivity contribution in [3.8, 4) is 0 Å². The van der Waals surface area contributed by atoms with Gasteiger partial charge in [0.15, 0.2) is 0 Å². The van der Waals surface area contributed by atoms with Gasteiger partial charge in [0.2, 0.25) is 0 Å². The number of nitrogens with zero attached hydrogens (tertiary/aromatic N) is 2. The summed E-state index contributed by atoms with van der Waals surface area (Å²) in [5, 5.41) is 0. The molecule has 1 rings (SSSR count). The number of nitrogens with two attached hydrogens (primary N) is 1. The highest BCUT2D eigenvalue weighted by atomic mass is 16.5. The van der Waals surface area contributed by atoms with Crippen LogP contribution in [0, 0.1) is 6.92 Å². The highest BCUT2D eigenvalue weighted by Gasteiger charge is 2.12. The van der Waals surface area contributed by atoms with Crippen molar-refractivity contribution in [3.05, 3.63) is 17.1 Å². The molecule has 2 N–H and O–H groups in total. The van der Waals surface area contributed by atoms with E-state index in [4.69, 9.17) is 15.2 Å². The van der Waals surface area contributed by atoms with Crippen molar-refractivity contribution in [2.24, 2.45) is 0 Å². The fourth-order valence-corrected chi connectivity index (χ4v) is 1.90. The van der Waals surface area contributed by atoms with Crippen LogP contribution in [-0.4, -0.2) is 36.9 Å². The molecule has 0 aromatic carbocycles. The van der Waals surface area contributed by atoms with E-state index in [-0.39, 0.29) is 0 Å². The highest BCUT2D eigenvalue weighted by Crippen LogP contribution is 2.22. The monoisotopic (exact) mass is 253 g/mol. The van der Waals surface area contributed by atoms with Gasteiger partial charge in [0, 0.05) is 24.8 Å². The van der Waals surface area contributed by atoms with Gasteiger partial charge in [-0.3, -0.25) is 0 Å². The van der Waals surface area contributed by atoms with Gasteiger partial charge in [0.05, 0.1) is 19.8 Å². The standard InChI is InChI=1S/C13H23N3O2/c1-9(2)12-10(3)15-11(16-13(12)14)5-6-18-8-7-17-4/h9H,5-8H2,1-4H3,(H2,14,15,16). The van der Waals surface area contributed by atoms with Crippen LogP contribution in [0.1, 0.15) is 36.8 Å². The Labute approximate surface area is 109 Å². The second kappa shape index (κ2) is 7.28. The van der Waals surface area contributed by atoms with E-state index in [9.17, 15) is 0 Å². The predicted molar refractivity (Wildman–Crippen MR) is 71.7 cm³/mol. The summed E-state index contributed by atoms with van der Waals surface area (Å²) in [6.45, 7) is 7.94. The maximum Gasteiger partial charge on any atom is 0.133 e. The van der Waals surface area contributed by atoms with Gasteiger partial charge in [0.1, 0.15) is 11.6 Å². The van der Waals surface area contributed by atoms with Gasteiger partial charge < -0.3 is 15.2 Å². The van der Waals surface area contributed by atoms with Gasteiger partial charge in [-0.15, -0.1) is 0 Å². The molecule has 0 aliphatic carbocycles. The Balaban J connectivity index is 2.58. The number of anilines is 1. The maximum absolute atomic E-state index is 5.96. The molecule has 0 atom stereocenters. The third-order valence-corrected chi connectivity index (χ3v) is 2.69. The smallest absolute Gasteiger partial charge is 0.133 e. The summed E-state index contributed by atoms with van der Waals surface area (Å²) in [5.74, 6) is 1.67. The summed E-state index contributed by atoms with van der Waals surface area (Å²) in [5.41, 5.74) is 7.97. The molecule has 18 heavy (non-hydrogen) atoms. The van der Waals surface area contributed by atoms with Crippen LogP contribution in [-0.2, 0) is 15.9 Å². The van der Waals surface area contributed by atoms with Crippen molar-refractivity contribution in [3.63, 3.8) is 0 Å². The van der Waals surface area contributed by atoms with Gasteiger partial charge in [-0.2, -0.15) is 0 Å². The van der Waals surface area contributed by atoms with Crippen LogP contribution in [0.2, 0.25) is 0 Å². The molecule has 0 saturated carbocycles. The molecule has 0 amide bonds. The Morgan fingerprint density at radius 1 is 1.17 bits per heavy atom. The zero-order valence-electron chi connectivity index (χ0n) is 11.7. The molecule has 102 valence electrons. The SMILES string of the molecule is COCCOCCc1nc(C)c(C(C)C)c(N)n1. The third kappa shape index (κ3) is 4.23. The van der Waals surface area contributed by atoms with Gasteiger partial charge in [0.25, 0.3) is 0 Å². The third-order valence-electron chi connectivity index (χ3n) is 2.69. The summed E-state index contributed by atoms with van der Waals surface area (Å²) in [6.07, 6.45) is 0.674. The Hall–Kier alpha value is -1.20. The molecule has 0 saturated heterocycles. The summed E-state index contributed by atoms with van der Waals surface area (Å²) in [7, 11) is 1.65. The lowest BCUT2D eigenvalue weighted by Gasteiger charge is -2.13. The molecular weight excluding hydrogens is 230 g/mol. The summed E-state index contributed by atoms with van der Waals surface area (Å²) in [6, 6.07) is 0. The van der Waals surface area contributed by atoms with Crippen molar-refractivity contribution >= 4 is 5.82 Å². The van der Waals surface area contributed by atoms with Crippen molar-refractivity contribution < 1.29 is 9.47 Å². The zero-order chi connectivity index (χ0) is 13.5. The lowest BCUT2D eigenvalue weighted by molar-refractivity contribution is 0.0716. The Bertz CT molecular complexity index is 357. The Morgan fingerprint density at radius 3 is 2.44 bits per heavy atom. The molecule has 0 aliphatic heterocycles. The molecule has 1 aromatic rings. The topological polar surface area (TPSA) is 70.3 Å². The number of hydrogen-bond acceptors (Lipinski definition) is 5. The average molecular weight is 253 g/mol. The Morgan fingerprint density at radius 2 is 1.89 bits per heavy atom. The minimum Gasteiger partial charge on any atom is -0.383 e. The summed E-state index contributed by atoms with van der Waals surface area (Å²) >= 11 is 0. The van der Waals surface area contributed by atoms with Crippen molar-refractivity contribution in [2.75, 3.05) is 32.7 Å². The molecule has 1 heterocycles. The minimum absolute atomic E-state index is 0.344. The van der Waals surface area contributed by atoms with E-state index in [1.54, 1.807) is 7.11 Å². The van der Waals surface area contributed by atoms with E-state index in [1.165, 1.54) is 0 Å². The molecular formula is C13H23N3O2. The van der Waals surface area contributed by atoms with Gasteiger partial charge in [-0.05, 0) is 12.8 Å². The molecule has 0 radical (unpaired) electrons. The van der Waals surface area contributed by atoms with Crippen LogP contribution in [0.3, 0.4) is 0 Å². The number of rotatable bonds is 7. The first-order valence-electron chi connectivity index (χ1n) is 6.25. The van der Waals surface area contributed by atoms with Crippen LogP contribution in [0.25, 0.3) is 0 Å². The largest absolute Gasteiger partial charge is 0.383 e. The predicted octanol–water partition coefficient (Wildman–Crippen LogP) is 1.70. The normalized spacial score (nSPS) is 11.2. The second-order valence-corrected chi connectivity index (χ2v) is 4.53. The van der Waals surface area contributed by atoms with Gasteiger partial charge in [-0.25, -0.2) is 9.97 Å². The first kappa shape index (κ1) is 14.9. The molecule has 0 fully saturated rings. The number of nitrogen functional groups attached to an aromatic ring is 1. The van der Waals surface area contributed by atoms with Crippen LogP contribution in [0.15, 0.2) is 0 Å². The van der Waals surface area contributed by atoms with Crippen molar-refractivity contribution in [1.29, 1.82) is 0 Å². The van der Waals surface area contributed by atoms with Crippen LogP contribution >= 0.6 is 0 Å². The highest BCUT2D eigenvalue weighted by molar-refractivity contribution is 5.44. The minimum atomic E-state index is 0.344. The van der Waals surface area contributed by atoms with E-state index >= 15 is 0 Å². The molecule has 0 spiro atoms. The van der Waals surface area contributed by atoms with E-state index < -0.39 is 0 Å². The molecule has 0 unspecified atom stereocenters. The molecule has 5 nitrogen and oxygen atoms in total. The molecule has 0 bridgehead atoms.